The number of nitrogens with two attached hydrogens (primary N) is 1. The van der Waals surface area contributed by atoms with Crippen LogP contribution in [0.5, 0.6) is 11.6 Å². The molecule has 50 heavy (non-hydrogen) atoms. The fourth-order valence-electron chi connectivity index (χ4n) is 5.30. The summed E-state index contributed by atoms with van der Waals surface area (Å²) in [5.41, 5.74) is 4.21. The zero-order valence-corrected chi connectivity index (χ0v) is 29.8. The van der Waals surface area contributed by atoms with Gasteiger partial charge in [0.25, 0.3) is 0 Å². The highest BCUT2D eigenvalue weighted by Crippen LogP contribution is 2.48. The largest absolute Gasteiger partial charge is 0.476 e. The molecule has 3 heterocycles. The van der Waals surface area contributed by atoms with E-state index in [0.717, 1.165) is 5.39 Å². The minimum atomic E-state index is -4.39. The molecule has 0 saturated carbocycles. The molecule has 2 aromatic heterocycles. The van der Waals surface area contributed by atoms with Gasteiger partial charge in [-0.2, -0.15) is 15.1 Å². The van der Waals surface area contributed by atoms with Gasteiger partial charge in [0, 0.05) is 25.5 Å². The number of hydrogen-bond acceptors (Lipinski definition) is 14. The van der Waals surface area contributed by atoms with Crippen LogP contribution in [0, 0.1) is 5.41 Å². The highest BCUT2D eigenvalue weighted by atomic mass is 31.2. The number of aliphatic hydroxyl groups is 2. The number of fused-ring (bicyclic) bond motifs is 2. The number of nitrogens with one attached hydrogen (secondary N) is 1. The van der Waals surface area contributed by atoms with Gasteiger partial charge in [0.2, 0.25) is 11.8 Å². The number of esters is 1. The molecule has 2 aromatic carbocycles. The summed E-state index contributed by atoms with van der Waals surface area (Å²) in [4.78, 5) is 25.7. The number of rotatable bonds is 15. The van der Waals surface area contributed by atoms with E-state index in [-0.39, 0.29) is 47.4 Å². The highest BCUT2D eigenvalue weighted by Gasteiger charge is 2.54. The van der Waals surface area contributed by atoms with E-state index in [2.05, 4.69) is 20.0 Å². The molecule has 0 amide bonds. The number of hydrogen-bond donors (Lipinski definition) is 4. The van der Waals surface area contributed by atoms with E-state index in [4.69, 9.17) is 33.7 Å². The van der Waals surface area contributed by atoms with Crippen LogP contribution in [0.2, 0.25) is 0 Å². The van der Waals surface area contributed by atoms with E-state index in [1.807, 2.05) is 39.0 Å². The lowest BCUT2D eigenvalue weighted by atomic mass is 9.96. The van der Waals surface area contributed by atoms with Gasteiger partial charge < -0.3 is 39.4 Å². The predicted molar refractivity (Wildman–Crippen MR) is 183 cm³/mol. The fourth-order valence-corrected chi connectivity index (χ4v) is 6.82. The number of ether oxygens (including phenoxy) is 4. The molecule has 16 nitrogen and oxygen atoms in total. The first-order valence-electron chi connectivity index (χ1n) is 16.2. The third kappa shape index (κ3) is 8.52. The molecule has 1 saturated heterocycles. The molecule has 6 atom stereocenters. The Balaban J connectivity index is 1.38. The number of aromatic nitrogens is 4. The minimum absolute atomic E-state index is 0.105. The van der Waals surface area contributed by atoms with Crippen molar-refractivity contribution in [2.75, 3.05) is 39.3 Å². The van der Waals surface area contributed by atoms with Crippen molar-refractivity contribution in [2.24, 2.45) is 5.41 Å². The molecule has 272 valence electrons. The van der Waals surface area contributed by atoms with E-state index in [9.17, 15) is 19.6 Å². The number of methoxy groups -OCH3 is 1. The molecular formula is C33H45N6O10P. The van der Waals surface area contributed by atoms with Crippen LogP contribution in [0.4, 0.5) is 5.95 Å². The van der Waals surface area contributed by atoms with Gasteiger partial charge in [0.15, 0.2) is 17.4 Å². The monoisotopic (exact) mass is 716 g/mol. The molecule has 1 aliphatic rings. The molecule has 0 bridgehead atoms. The quantitative estimate of drug-likeness (QED) is 0.0784. The van der Waals surface area contributed by atoms with Gasteiger partial charge in [-0.3, -0.25) is 13.9 Å². The Morgan fingerprint density at radius 1 is 1.18 bits per heavy atom. The van der Waals surface area contributed by atoms with Crippen LogP contribution < -0.4 is 20.1 Å². The van der Waals surface area contributed by atoms with Crippen LogP contribution in [0.1, 0.15) is 47.3 Å². The molecule has 5 N–H and O–H groups in total. The average molecular weight is 717 g/mol. The van der Waals surface area contributed by atoms with Crippen molar-refractivity contribution in [2.45, 2.75) is 71.1 Å². The summed E-state index contributed by atoms with van der Waals surface area (Å²) in [6.07, 6.45) is -2.07. The van der Waals surface area contributed by atoms with Crippen molar-refractivity contribution in [3.05, 3.63) is 48.8 Å². The van der Waals surface area contributed by atoms with Crippen molar-refractivity contribution < 1.29 is 47.6 Å². The second-order valence-electron chi connectivity index (χ2n) is 13.5. The number of carbonyl (C=O) groups excluding carboxylic acids is 1. The van der Waals surface area contributed by atoms with Gasteiger partial charge in [-0.1, -0.05) is 57.2 Å². The van der Waals surface area contributed by atoms with E-state index in [0.29, 0.717) is 18.4 Å². The number of imidazole rings is 1. The number of benzene rings is 2. The maximum absolute atomic E-state index is 14.4. The second-order valence-corrected chi connectivity index (χ2v) is 15.2. The Hall–Kier alpha value is -3.89. The number of anilines is 1. The van der Waals surface area contributed by atoms with Crippen molar-refractivity contribution >= 4 is 41.6 Å². The van der Waals surface area contributed by atoms with Gasteiger partial charge in [-0.25, -0.2) is 9.55 Å². The maximum atomic E-state index is 14.4. The first-order chi connectivity index (χ1) is 23.6. The van der Waals surface area contributed by atoms with E-state index in [1.54, 1.807) is 31.4 Å². The summed E-state index contributed by atoms with van der Waals surface area (Å²) in [6, 6.07) is 11.4. The molecule has 1 fully saturated rings. The molecule has 0 aliphatic carbocycles. The van der Waals surface area contributed by atoms with Crippen molar-refractivity contribution in [3.8, 4) is 11.6 Å². The van der Waals surface area contributed by atoms with Crippen molar-refractivity contribution in [1.29, 1.82) is 0 Å². The molecule has 4 aromatic rings. The smallest absolute Gasteiger partial charge is 0.459 e. The third-order valence-electron chi connectivity index (χ3n) is 7.88. The number of carbonyl (C=O) groups is 1. The van der Waals surface area contributed by atoms with Crippen molar-refractivity contribution in [1.82, 2.24) is 24.6 Å². The van der Waals surface area contributed by atoms with Crippen LogP contribution in [-0.2, 0) is 28.1 Å². The predicted octanol–water partition coefficient (Wildman–Crippen LogP) is 3.76. The lowest BCUT2D eigenvalue weighted by Gasteiger charge is -2.27. The Kier molecular flexibility index (Phi) is 11.3. The lowest BCUT2D eigenvalue weighted by Crippen LogP contribution is -2.44. The third-order valence-corrected chi connectivity index (χ3v) is 9.50. The maximum Gasteiger partial charge on any atom is 0.459 e. The first kappa shape index (κ1) is 37.4. The average Bonchev–Trinajstić information content (AvgIpc) is 3.57. The molecule has 17 heteroatoms. The normalized spacial score (nSPS) is 22.8. The first-order valence-corrected chi connectivity index (χ1v) is 17.7. The summed E-state index contributed by atoms with van der Waals surface area (Å²) in [5.74, 6) is -0.407. The number of aliphatic hydroxyl groups excluding tert-OH is 1. The molecule has 1 unspecified atom stereocenters. The van der Waals surface area contributed by atoms with Crippen LogP contribution in [-0.4, -0.2) is 93.1 Å². The Bertz CT molecular complexity index is 1840. The van der Waals surface area contributed by atoms with Crippen molar-refractivity contribution in [3.63, 3.8) is 0 Å². The summed E-state index contributed by atoms with van der Waals surface area (Å²) in [6.45, 7) is 8.96. The molecule has 5 rings (SSSR count). The molecular weight excluding hydrogens is 671 g/mol. The van der Waals surface area contributed by atoms with Gasteiger partial charge in [-0.05, 0) is 30.7 Å². The lowest BCUT2D eigenvalue weighted by molar-refractivity contribution is -0.148. The zero-order valence-electron chi connectivity index (χ0n) is 28.9. The van der Waals surface area contributed by atoms with Gasteiger partial charge in [-0.15, -0.1) is 0 Å². The summed E-state index contributed by atoms with van der Waals surface area (Å²) >= 11 is 0. The minimum Gasteiger partial charge on any atom is -0.476 e. The second kappa shape index (κ2) is 15.2. The summed E-state index contributed by atoms with van der Waals surface area (Å²) in [5, 5.41) is 26.9. The standard InChI is InChI=1S/C33H45N6O10P/c1-20(29(41)46-18-32(2,3)4)38-50(43,49-23-14-9-12-21-11-7-8-13-22(21)23)47-17-24-26(40)33(5,42)30(48-24)39-19-35-25-27(39)36-31(34)37-28(25)45-16-10-15-44-6/h7-9,11-14,19-20,24,26,30,40,42H,10,15-18H2,1-6H3,(H,38,43)(H2,34,36,37)/t20-,24+,26+,30+,33+,50?/m0/s1. The molecule has 0 radical (unpaired) electrons. The van der Waals surface area contributed by atoms with Crippen LogP contribution in [0.3, 0.4) is 0 Å². The van der Waals surface area contributed by atoms with E-state index < -0.39 is 50.4 Å². The number of nitrogens with zero attached hydrogens (tertiary/aromatic N) is 4. The zero-order chi connectivity index (χ0) is 36.3. The van der Waals surface area contributed by atoms with Crippen LogP contribution >= 0.6 is 7.75 Å². The SMILES string of the molecule is COCCCOc1nc(N)nc2c1ncn2[C@@H]1O[C@H](COP(=O)(N[C@@H](C)C(=O)OCC(C)(C)C)Oc2cccc3ccccc23)[C@@H](O)[C@@]1(C)O. The Morgan fingerprint density at radius 3 is 2.66 bits per heavy atom. The Morgan fingerprint density at radius 2 is 1.92 bits per heavy atom. The van der Waals surface area contributed by atoms with Gasteiger partial charge >= 0.3 is 13.7 Å². The van der Waals surface area contributed by atoms with Gasteiger partial charge in [0.05, 0.1) is 26.1 Å². The number of nitrogen functional groups attached to an aromatic ring is 1. The Labute approximate surface area is 289 Å². The van der Waals surface area contributed by atoms with Gasteiger partial charge in [0.1, 0.15) is 29.6 Å². The van der Waals surface area contributed by atoms with Crippen LogP contribution in [0.15, 0.2) is 48.8 Å². The summed E-state index contributed by atoms with van der Waals surface area (Å²) < 4.78 is 50.1. The summed E-state index contributed by atoms with van der Waals surface area (Å²) in [7, 11) is -2.81. The highest BCUT2D eigenvalue weighted by molar-refractivity contribution is 7.52. The van der Waals surface area contributed by atoms with E-state index >= 15 is 0 Å². The molecule has 1 aliphatic heterocycles. The van der Waals surface area contributed by atoms with Crippen LogP contribution in [0.25, 0.3) is 21.9 Å². The van der Waals surface area contributed by atoms with E-state index in [1.165, 1.54) is 24.7 Å². The topological polar surface area (TPSA) is 212 Å². The molecule has 0 spiro atoms. The fraction of sp³-hybridized carbons (Fsp3) is 0.515.